The third-order valence-electron chi connectivity index (χ3n) is 2.34. The normalized spacial score (nSPS) is 18.0. The van der Waals surface area contributed by atoms with E-state index < -0.39 is 0 Å². The van der Waals surface area contributed by atoms with Crippen molar-refractivity contribution < 1.29 is 4.74 Å². The van der Waals surface area contributed by atoms with Gasteiger partial charge in [0.1, 0.15) is 5.03 Å². The summed E-state index contributed by atoms with van der Waals surface area (Å²) in [5.74, 6) is 0. The molecule has 3 nitrogen and oxygen atoms in total. The molecule has 0 amide bonds. The Kier molecular flexibility index (Phi) is 3.83. The van der Waals surface area contributed by atoms with Gasteiger partial charge in [0.25, 0.3) is 0 Å². The van der Waals surface area contributed by atoms with Gasteiger partial charge in [0.15, 0.2) is 0 Å². The number of rotatable bonds is 2. The first-order valence-electron chi connectivity index (χ1n) is 4.99. The number of halogens is 1. The average Bonchev–Trinajstić information content (AvgIpc) is 2.25. The Hall–Kier alpha value is -0.320. The van der Waals surface area contributed by atoms with E-state index in [1.165, 1.54) is 0 Å². The van der Waals surface area contributed by atoms with Crippen molar-refractivity contribution in [2.24, 2.45) is 0 Å². The molecule has 0 N–H and O–H groups in total. The smallest absolute Gasteiger partial charge is 0.223 e. The second kappa shape index (κ2) is 5.14. The lowest BCUT2D eigenvalue weighted by Crippen LogP contribution is -2.17. The summed E-state index contributed by atoms with van der Waals surface area (Å²) >= 11 is 7.56. The minimum Gasteiger partial charge on any atom is -0.381 e. The molecule has 1 saturated heterocycles. The van der Waals surface area contributed by atoms with Gasteiger partial charge in [-0.15, -0.1) is 11.8 Å². The molecule has 1 aromatic heterocycles. The Morgan fingerprint density at radius 3 is 2.93 bits per heavy atom. The van der Waals surface area contributed by atoms with Crippen LogP contribution in [0.4, 0.5) is 0 Å². The Bertz CT molecular complexity index is 342. The van der Waals surface area contributed by atoms with E-state index in [1.807, 2.05) is 6.92 Å². The minimum atomic E-state index is 0.329. The summed E-state index contributed by atoms with van der Waals surface area (Å²) in [6.45, 7) is 3.73. The predicted octanol–water partition coefficient (Wildman–Crippen LogP) is 2.71. The van der Waals surface area contributed by atoms with Crippen LogP contribution in [0.5, 0.6) is 0 Å². The summed E-state index contributed by atoms with van der Waals surface area (Å²) in [4.78, 5) is 8.19. The molecule has 2 rings (SSSR count). The SMILES string of the molecule is Cc1cnc(Cl)nc1SC1CCOCC1. The lowest BCUT2D eigenvalue weighted by Gasteiger charge is -2.21. The molecule has 1 fully saturated rings. The number of hydrogen-bond donors (Lipinski definition) is 0. The Labute approximate surface area is 98.6 Å². The van der Waals surface area contributed by atoms with Crippen molar-refractivity contribution in [2.75, 3.05) is 13.2 Å². The topological polar surface area (TPSA) is 35.0 Å². The third-order valence-corrected chi connectivity index (χ3v) is 3.97. The summed E-state index contributed by atoms with van der Waals surface area (Å²) in [6.07, 6.45) is 3.95. The van der Waals surface area contributed by atoms with Gasteiger partial charge < -0.3 is 4.74 Å². The van der Waals surface area contributed by atoms with Gasteiger partial charge in [0, 0.05) is 24.7 Å². The summed E-state index contributed by atoms with van der Waals surface area (Å²) in [5, 5.41) is 1.93. The van der Waals surface area contributed by atoms with Crippen LogP contribution in [0.3, 0.4) is 0 Å². The highest BCUT2D eigenvalue weighted by Gasteiger charge is 2.17. The van der Waals surface area contributed by atoms with Gasteiger partial charge in [-0.25, -0.2) is 9.97 Å². The van der Waals surface area contributed by atoms with Gasteiger partial charge in [-0.05, 0) is 36.9 Å². The first-order valence-corrected chi connectivity index (χ1v) is 6.25. The van der Waals surface area contributed by atoms with E-state index in [-0.39, 0.29) is 0 Å². The molecule has 0 atom stereocenters. The van der Waals surface area contributed by atoms with Crippen molar-refractivity contribution in [1.29, 1.82) is 0 Å². The lowest BCUT2D eigenvalue weighted by molar-refractivity contribution is 0.1000. The molecule has 0 bridgehead atoms. The first-order chi connectivity index (χ1) is 7.25. The van der Waals surface area contributed by atoms with Crippen molar-refractivity contribution in [3.8, 4) is 0 Å². The summed E-state index contributed by atoms with van der Waals surface area (Å²) in [6, 6.07) is 0. The minimum absolute atomic E-state index is 0.329. The second-order valence-corrected chi connectivity index (χ2v) is 5.18. The molecule has 82 valence electrons. The molecule has 0 radical (unpaired) electrons. The van der Waals surface area contributed by atoms with Crippen molar-refractivity contribution >= 4 is 23.4 Å². The van der Waals surface area contributed by atoms with Gasteiger partial charge in [-0.2, -0.15) is 0 Å². The van der Waals surface area contributed by atoms with Crippen LogP contribution in [-0.2, 0) is 4.74 Å². The van der Waals surface area contributed by atoms with Gasteiger partial charge in [-0.3, -0.25) is 0 Å². The number of ether oxygens (including phenoxy) is 1. The molecule has 0 aromatic carbocycles. The molecule has 15 heavy (non-hydrogen) atoms. The highest BCUT2D eigenvalue weighted by molar-refractivity contribution is 7.99. The quantitative estimate of drug-likeness (QED) is 0.592. The molecule has 1 aromatic rings. The van der Waals surface area contributed by atoms with Crippen LogP contribution in [0, 0.1) is 6.92 Å². The van der Waals surface area contributed by atoms with Gasteiger partial charge in [0.05, 0.1) is 0 Å². The summed E-state index contributed by atoms with van der Waals surface area (Å²) < 4.78 is 5.32. The van der Waals surface area contributed by atoms with Crippen molar-refractivity contribution in [3.63, 3.8) is 0 Å². The maximum absolute atomic E-state index is 5.77. The zero-order valence-corrected chi connectivity index (χ0v) is 10.1. The lowest BCUT2D eigenvalue weighted by atomic mass is 10.2. The zero-order valence-electron chi connectivity index (χ0n) is 8.57. The third kappa shape index (κ3) is 3.06. The van der Waals surface area contributed by atoms with Crippen LogP contribution in [0.25, 0.3) is 0 Å². The van der Waals surface area contributed by atoms with E-state index in [0.717, 1.165) is 36.6 Å². The van der Waals surface area contributed by atoms with Crippen molar-refractivity contribution in [2.45, 2.75) is 30.0 Å². The Morgan fingerprint density at radius 2 is 2.20 bits per heavy atom. The highest BCUT2D eigenvalue weighted by Crippen LogP contribution is 2.30. The fourth-order valence-electron chi connectivity index (χ4n) is 1.48. The molecule has 1 aliphatic rings. The maximum atomic E-state index is 5.77. The predicted molar refractivity (Wildman–Crippen MR) is 61.5 cm³/mol. The van der Waals surface area contributed by atoms with E-state index in [0.29, 0.717) is 10.5 Å². The van der Waals surface area contributed by atoms with Crippen LogP contribution in [-0.4, -0.2) is 28.4 Å². The molecular weight excluding hydrogens is 232 g/mol. The Morgan fingerprint density at radius 1 is 1.47 bits per heavy atom. The number of thioether (sulfide) groups is 1. The van der Waals surface area contributed by atoms with Crippen LogP contribution in [0.15, 0.2) is 11.2 Å². The van der Waals surface area contributed by atoms with Crippen LogP contribution in [0.2, 0.25) is 5.28 Å². The average molecular weight is 245 g/mol. The highest BCUT2D eigenvalue weighted by atomic mass is 35.5. The monoisotopic (exact) mass is 244 g/mol. The molecule has 1 aliphatic heterocycles. The fraction of sp³-hybridized carbons (Fsp3) is 0.600. The van der Waals surface area contributed by atoms with Crippen LogP contribution < -0.4 is 0 Å². The zero-order chi connectivity index (χ0) is 10.7. The van der Waals surface area contributed by atoms with Gasteiger partial charge >= 0.3 is 0 Å². The standard InChI is InChI=1S/C10H13ClN2OS/c1-7-6-12-10(11)13-9(7)15-8-2-4-14-5-3-8/h6,8H,2-5H2,1H3. The van der Waals surface area contributed by atoms with E-state index in [2.05, 4.69) is 9.97 Å². The number of aryl methyl sites for hydroxylation is 1. The maximum Gasteiger partial charge on any atom is 0.223 e. The van der Waals surface area contributed by atoms with E-state index in [4.69, 9.17) is 16.3 Å². The van der Waals surface area contributed by atoms with E-state index >= 15 is 0 Å². The fourth-order valence-corrected chi connectivity index (χ4v) is 2.78. The van der Waals surface area contributed by atoms with Crippen molar-refractivity contribution in [3.05, 3.63) is 17.0 Å². The first kappa shape index (κ1) is 11.2. The number of nitrogens with zero attached hydrogens (tertiary/aromatic N) is 2. The summed E-state index contributed by atoms with van der Waals surface area (Å²) in [7, 11) is 0. The van der Waals surface area contributed by atoms with Crippen molar-refractivity contribution in [1.82, 2.24) is 9.97 Å². The molecule has 0 aliphatic carbocycles. The van der Waals surface area contributed by atoms with Crippen LogP contribution >= 0.6 is 23.4 Å². The largest absolute Gasteiger partial charge is 0.381 e. The molecule has 0 unspecified atom stereocenters. The molecule has 5 heteroatoms. The molecule has 0 spiro atoms. The van der Waals surface area contributed by atoms with Gasteiger partial charge in [-0.1, -0.05) is 0 Å². The van der Waals surface area contributed by atoms with Gasteiger partial charge in [0.2, 0.25) is 5.28 Å². The molecule has 2 heterocycles. The second-order valence-electron chi connectivity index (χ2n) is 3.56. The van der Waals surface area contributed by atoms with Crippen LogP contribution in [0.1, 0.15) is 18.4 Å². The molecular formula is C10H13ClN2OS. The van der Waals surface area contributed by atoms with E-state index in [1.54, 1.807) is 18.0 Å². The molecule has 0 saturated carbocycles. The number of hydrogen-bond acceptors (Lipinski definition) is 4. The summed E-state index contributed by atoms with van der Waals surface area (Å²) in [5.41, 5.74) is 1.09. The van der Waals surface area contributed by atoms with E-state index in [9.17, 15) is 0 Å². The Balaban J connectivity index is 2.05. The number of aromatic nitrogens is 2.